The Kier molecular flexibility index (Phi) is 3.00. The van der Waals surface area contributed by atoms with Crippen molar-refractivity contribution in [3.63, 3.8) is 0 Å². The Morgan fingerprint density at radius 1 is 1.12 bits per heavy atom. The van der Waals surface area contributed by atoms with Crippen LogP contribution in [0.1, 0.15) is 24.7 Å². The van der Waals surface area contributed by atoms with E-state index in [0.29, 0.717) is 0 Å². The number of hydrogen-bond donors (Lipinski definition) is 1. The summed E-state index contributed by atoms with van der Waals surface area (Å²) in [6.07, 6.45) is 2.23. The van der Waals surface area contributed by atoms with Crippen LogP contribution in [-0.4, -0.2) is 4.57 Å². The quantitative estimate of drug-likeness (QED) is 0.781. The van der Waals surface area contributed by atoms with E-state index in [1.165, 1.54) is 11.4 Å². The molecule has 2 aromatic rings. The number of aryl methyl sites for hydroxylation is 2. The smallest absolute Gasteiger partial charge is 0.0685 e. The molecule has 2 nitrogen and oxygen atoms in total. The highest BCUT2D eigenvalue weighted by atomic mass is 15.0. The minimum atomic E-state index is 0.833. The summed E-state index contributed by atoms with van der Waals surface area (Å²) < 4.78 is 2.25. The predicted octanol–water partition coefficient (Wildman–Crippen LogP) is 3.32. The maximum atomic E-state index is 6.02. The summed E-state index contributed by atoms with van der Waals surface area (Å²) in [5.41, 5.74) is 10.5. The molecule has 2 heteroatoms. The average molecular weight is 214 g/mol. The van der Waals surface area contributed by atoms with Crippen molar-refractivity contribution in [2.45, 2.75) is 26.7 Å². The molecule has 0 unspecified atom stereocenters. The monoisotopic (exact) mass is 214 g/mol. The van der Waals surface area contributed by atoms with E-state index in [2.05, 4.69) is 36.6 Å². The third-order valence-electron chi connectivity index (χ3n) is 2.84. The molecule has 0 radical (unpaired) electrons. The Hall–Kier alpha value is -1.70. The van der Waals surface area contributed by atoms with Crippen LogP contribution in [-0.2, 0) is 6.42 Å². The van der Waals surface area contributed by atoms with Crippen LogP contribution in [0.3, 0.4) is 0 Å². The molecule has 0 aliphatic rings. The van der Waals surface area contributed by atoms with Gasteiger partial charge >= 0.3 is 0 Å². The summed E-state index contributed by atoms with van der Waals surface area (Å²) in [4.78, 5) is 0. The number of aromatic nitrogens is 1. The molecule has 0 aliphatic carbocycles. The summed E-state index contributed by atoms with van der Waals surface area (Å²) in [6, 6.07) is 12.4. The van der Waals surface area contributed by atoms with E-state index in [9.17, 15) is 0 Å². The van der Waals surface area contributed by atoms with Crippen molar-refractivity contribution in [3.05, 3.63) is 47.8 Å². The molecule has 0 fully saturated rings. The molecule has 1 aromatic heterocycles. The fourth-order valence-corrected chi connectivity index (χ4v) is 2.08. The Morgan fingerprint density at radius 3 is 2.56 bits per heavy atom. The first kappa shape index (κ1) is 10.8. The SMILES string of the molecule is CCCc1ccc(C)n1-c1ccccc1N. The zero-order valence-corrected chi connectivity index (χ0v) is 9.90. The first-order valence-corrected chi connectivity index (χ1v) is 5.76. The molecule has 1 heterocycles. The van der Waals surface area contributed by atoms with Crippen molar-refractivity contribution in [3.8, 4) is 5.69 Å². The zero-order valence-electron chi connectivity index (χ0n) is 9.90. The molecule has 1 aromatic carbocycles. The van der Waals surface area contributed by atoms with Gasteiger partial charge in [-0.15, -0.1) is 0 Å². The number of rotatable bonds is 3. The minimum absolute atomic E-state index is 0.833. The molecule has 2 N–H and O–H groups in total. The van der Waals surface area contributed by atoms with Gasteiger partial charge in [-0.25, -0.2) is 0 Å². The fraction of sp³-hybridized carbons (Fsp3) is 0.286. The Bertz CT molecular complexity index is 483. The summed E-state index contributed by atoms with van der Waals surface area (Å²) in [7, 11) is 0. The fourth-order valence-electron chi connectivity index (χ4n) is 2.08. The number of nitrogens with zero attached hydrogens (tertiary/aromatic N) is 1. The second-order valence-electron chi connectivity index (χ2n) is 4.11. The molecule has 0 bridgehead atoms. The lowest BCUT2D eigenvalue weighted by Gasteiger charge is -2.13. The number of para-hydroxylation sites is 2. The highest BCUT2D eigenvalue weighted by Crippen LogP contribution is 2.22. The molecule has 0 aliphatic heterocycles. The second-order valence-corrected chi connectivity index (χ2v) is 4.11. The Balaban J connectivity index is 2.54. The third-order valence-corrected chi connectivity index (χ3v) is 2.84. The Morgan fingerprint density at radius 2 is 1.88 bits per heavy atom. The number of benzene rings is 1. The molecule has 16 heavy (non-hydrogen) atoms. The Labute approximate surface area is 96.7 Å². The van der Waals surface area contributed by atoms with Crippen molar-refractivity contribution in [1.29, 1.82) is 0 Å². The van der Waals surface area contributed by atoms with Crippen molar-refractivity contribution in [2.75, 3.05) is 5.73 Å². The second kappa shape index (κ2) is 4.44. The molecule has 2 rings (SSSR count). The third kappa shape index (κ3) is 1.83. The van der Waals surface area contributed by atoms with Gasteiger partial charge in [-0.3, -0.25) is 0 Å². The van der Waals surface area contributed by atoms with E-state index >= 15 is 0 Å². The molecule has 0 amide bonds. The van der Waals surface area contributed by atoms with Crippen molar-refractivity contribution in [2.24, 2.45) is 0 Å². The summed E-state index contributed by atoms with van der Waals surface area (Å²) >= 11 is 0. The van der Waals surface area contributed by atoms with E-state index in [1.54, 1.807) is 0 Å². The van der Waals surface area contributed by atoms with Crippen LogP contribution < -0.4 is 5.73 Å². The maximum absolute atomic E-state index is 6.02. The van der Waals surface area contributed by atoms with Gasteiger partial charge in [0.15, 0.2) is 0 Å². The van der Waals surface area contributed by atoms with Crippen molar-refractivity contribution in [1.82, 2.24) is 4.57 Å². The van der Waals surface area contributed by atoms with Crippen LogP contribution in [0.25, 0.3) is 5.69 Å². The lowest BCUT2D eigenvalue weighted by molar-refractivity contribution is 0.831. The topological polar surface area (TPSA) is 30.9 Å². The zero-order chi connectivity index (χ0) is 11.5. The largest absolute Gasteiger partial charge is 0.397 e. The number of nitrogen functional groups attached to an aromatic ring is 1. The van der Waals surface area contributed by atoms with Gasteiger partial charge < -0.3 is 10.3 Å². The van der Waals surface area contributed by atoms with Gasteiger partial charge in [0.25, 0.3) is 0 Å². The minimum Gasteiger partial charge on any atom is -0.397 e. The van der Waals surface area contributed by atoms with E-state index < -0.39 is 0 Å². The van der Waals surface area contributed by atoms with E-state index in [4.69, 9.17) is 5.73 Å². The predicted molar refractivity (Wildman–Crippen MR) is 68.9 cm³/mol. The van der Waals surface area contributed by atoms with Crippen LogP contribution in [0, 0.1) is 6.92 Å². The van der Waals surface area contributed by atoms with E-state index in [0.717, 1.165) is 24.2 Å². The van der Waals surface area contributed by atoms with Crippen molar-refractivity contribution < 1.29 is 0 Å². The van der Waals surface area contributed by atoms with Gasteiger partial charge in [-0.05, 0) is 37.6 Å². The molecule has 0 saturated carbocycles. The number of anilines is 1. The maximum Gasteiger partial charge on any atom is 0.0685 e. The molecule has 0 atom stereocenters. The van der Waals surface area contributed by atoms with E-state index in [-0.39, 0.29) is 0 Å². The molecule has 0 saturated heterocycles. The van der Waals surface area contributed by atoms with Gasteiger partial charge in [0.2, 0.25) is 0 Å². The number of hydrogen-bond acceptors (Lipinski definition) is 1. The van der Waals surface area contributed by atoms with Crippen LogP contribution in [0.15, 0.2) is 36.4 Å². The lowest BCUT2D eigenvalue weighted by atomic mass is 10.2. The summed E-state index contributed by atoms with van der Waals surface area (Å²) in [6.45, 7) is 4.31. The van der Waals surface area contributed by atoms with Crippen LogP contribution >= 0.6 is 0 Å². The van der Waals surface area contributed by atoms with Gasteiger partial charge in [-0.1, -0.05) is 25.5 Å². The van der Waals surface area contributed by atoms with Crippen molar-refractivity contribution >= 4 is 5.69 Å². The van der Waals surface area contributed by atoms with Gasteiger partial charge in [-0.2, -0.15) is 0 Å². The average Bonchev–Trinajstić information content (AvgIpc) is 2.62. The summed E-state index contributed by atoms with van der Waals surface area (Å²) in [5.74, 6) is 0. The lowest BCUT2D eigenvalue weighted by Crippen LogP contribution is -2.04. The summed E-state index contributed by atoms with van der Waals surface area (Å²) in [5, 5.41) is 0. The molecular formula is C14H18N2. The van der Waals surface area contributed by atoms with Crippen LogP contribution in [0.2, 0.25) is 0 Å². The normalized spacial score (nSPS) is 10.6. The van der Waals surface area contributed by atoms with E-state index in [1.807, 2.05) is 18.2 Å². The van der Waals surface area contributed by atoms with Crippen LogP contribution in [0.4, 0.5) is 5.69 Å². The van der Waals surface area contributed by atoms with Gasteiger partial charge in [0.05, 0.1) is 11.4 Å². The standard InChI is InChI=1S/C14H18N2/c1-3-6-12-10-9-11(2)16(12)14-8-5-4-7-13(14)15/h4-5,7-10H,3,6,15H2,1-2H3. The number of nitrogens with two attached hydrogens (primary N) is 1. The van der Waals surface area contributed by atoms with Gasteiger partial charge in [0.1, 0.15) is 0 Å². The molecular weight excluding hydrogens is 196 g/mol. The highest BCUT2D eigenvalue weighted by molar-refractivity contribution is 5.59. The highest BCUT2D eigenvalue weighted by Gasteiger charge is 2.08. The molecule has 84 valence electrons. The van der Waals surface area contributed by atoms with Crippen LogP contribution in [0.5, 0.6) is 0 Å². The molecule has 0 spiro atoms. The first-order chi connectivity index (χ1) is 7.74. The van der Waals surface area contributed by atoms with Gasteiger partial charge in [0, 0.05) is 11.4 Å². The first-order valence-electron chi connectivity index (χ1n) is 5.76.